The molecule has 0 bridgehead atoms. The predicted molar refractivity (Wildman–Crippen MR) is 159 cm³/mol. The number of amides is 1. The molecule has 4 rings (SSSR count). The monoisotopic (exact) mass is 616 g/mol. The second-order valence-corrected chi connectivity index (χ2v) is 9.55. The number of alkyl halides is 4. The van der Waals surface area contributed by atoms with Crippen molar-refractivity contribution in [2.45, 2.75) is 39.3 Å². The van der Waals surface area contributed by atoms with Gasteiger partial charge >= 0.3 is 12.1 Å². The topological polar surface area (TPSA) is 191 Å². The Morgan fingerprint density at radius 2 is 1.39 bits per heavy atom. The van der Waals surface area contributed by atoms with Crippen LogP contribution in [0.15, 0.2) is 72.8 Å². The van der Waals surface area contributed by atoms with E-state index in [1.165, 1.54) is 13.8 Å². The van der Waals surface area contributed by atoms with E-state index in [1.807, 2.05) is 34.9 Å². The number of carbonyl (C=O) groups is 2. The van der Waals surface area contributed by atoms with Crippen LogP contribution in [0.2, 0.25) is 0 Å². The predicted octanol–water partition coefficient (Wildman–Crippen LogP) is 4.89. The summed E-state index contributed by atoms with van der Waals surface area (Å²) in [7, 11) is 0. The fourth-order valence-corrected chi connectivity index (χ4v) is 3.77. The standard InChI is InChI=1S/C25H24N6O2.C3H7F.C2HF3O2/c26-23(27)17-6-1-4-15(10-17)13-30-25(33)21-12-19-20(8-3-9-22(19)32)31(21)14-16-5-2-7-18(11-16)24(28)29;1-3(2)4;3-2(4,5)1(6)7/h1-12,32H,13-14H2,(H3,26,27)(H3,28,29)(H,30,33);3H,1-2H3;(H,6,7). The first kappa shape index (κ1) is 34.8. The van der Waals surface area contributed by atoms with Gasteiger partial charge < -0.3 is 31.6 Å². The summed E-state index contributed by atoms with van der Waals surface area (Å²) in [5.41, 5.74) is 15.2. The Kier molecular flexibility index (Phi) is 12.0. The van der Waals surface area contributed by atoms with Crippen molar-refractivity contribution < 1.29 is 37.4 Å². The number of benzene rings is 3. The fourth-order valence-electron chi connectivity index (χ4n) is 3.77. The number of nitrogen functional groups attached to an aromatic ring is 2. The van der Waals surface area contributed by atoms with Crippen LogP contribution in [0.25, 0.3) is 10.9 Å². The first-order valence-electron chi connectivity index (χ1n) is 12.9. The molecule has 4 aromatic rings. The number of phenolic OH excluding ortho intramolecular Hbond substituents is 1. The van der Waals surface area contributed by atoms with E-state index < -0.39 is 18.3 Å². The molecule has 14 heteroatoms. The van der Waals surface area contributed by atoms with E-state index in [2.05, 4.69) is 5.32 Å². The molecule has 44 heavy (non-hydrogen) atoms. The number of amidine groups is 2. The molecule has 0 spiro atoms. The third-order valence-electron chi connectivity index (χ3n) is 5.67. The Balaban J connectivity index is 0.000000526. The fraction of sp³-hybridized carbons (Fsp3) is 0.200. The van der Waals surface area contributed by atoms with Crippen LogP contribution in [-0.4, -0.2) is 50.7 Å². The highest BCUT2D eigenvalue weighted by Crippen LogP contribution is 2.29. The minimum Gasteiger partial charge on any atom is -0.507 e. The number of aliphatic carboxylic acids is 1. The summed E-state index contributed by atoms with van der Waals surface area (Å²) < 4.78 is 44.6. The van der Waals surface area contributed by atoms with Gasteiger partial charge in [-0.1, -0.05) is 42.5 Å². The molecular formula is C30H32F4N6O4. The lowest BCUT2D eigenvalue weighted by Gasteiger charge is -2.13. The second-order valence-electron chi connectivity index (χ2n) is 9.55. The molecule has 0 saturated heterocycles. The Morgan fingerprint density at radius 3 is 1.89 bits per heavy atom. The molecule has 1 amide bonds. The maximum absolute atomic E-state index is 13.2. The average molecular weight is 617 g/mol. The van der Waals surface area contributed by atoms with E-state index in [1.54, 1.807) is 42.5 Å². The molecule has 234 valence electrons. The molecule has 10 nitrogen and oxygen atoms in total. The van der Waals surface area contributed by atoms with Gasteiger partial charge in [-0.3, -0.25) is 15.6 Å². The number of fused-ring (bicyclic) bond motifs is 1. The molecule has 0 radical (unpaired) electrons. The van der Waals surface area contributed by atoms with Crippen molar-refractivity contribution in [3.05, 3.63) is 101 Å². The van der Waals surface area contributed by atoms with E-state index in [9.17, 15) is 27.5 Å². The van der Waals surface area contributed by atoms with E-state index in [0.29, 0.717) is 34.3 Å². The summed E-state index contributed by atoms with van der Waals surface area (Å²) in [4.78, 5) is 22.1. The number of hydrogen-bond acceptors (Lipinski definition) is 5. The van der Waals surface area contributed by atoms with Gasteiger partial charge in [-0.2, -0.15) is 13.2 Å². The van der Waals surface area contributed by atoms with Gasteiger partial charge in [0.25, 0.3) is 5.91 Å². The van der Waals surface area contributed by atoms with Crippen molar-refractivity contribution in [3.8, 4) is 5.75 Å². The number of carboxylic acid groups (broad SMARTS) is 1. The maximum Gasteiger partial charge on any atom is 0.490 e. The Labute approximate surface area is 249 Å². The van der Waals surface area contributed by atoms with Crippen molar-refractivity contribution in [2.24, 2.45) is 11.5 Å². The van der Waals surface area contributed by atoms with Gasteiger partial charge in [-0.15, -0.1) is 0 Å². The van der Waals surface area contributed by atoms with Crippen LogP contribution in [0, 0.1) is 10.8 Å². The largest absolute Gasteiger partial charge is 0.507 e. The molecule has 1 heterocycles. The third-order valence-corrected chi connectivity index (χ3v) is 5.67. The molecule has 1 aromatic heterocycles. The van der Waals surface area contributed by atoms with Crippen LogP contribution < -0.4 is 16.8 Å². The van der Waals surface area contributed by atoms with Crippen molar-refractivity contribution in [1.29, 1.82) is 10.8 Å². The van der Waals surface area contributed by atoms with Gasteiger partial charge in [0.05, 0.1) is 11.7 Å². The van der Waals surface area contributed by atoms with Crippen LogP contribution in [-0.2, 0) is 17.9 Å². The average Bonchev–Trinajstić information content (AvgIpc) is 3.31. The Bertz CT molecular complexity index is 1650. The summed E-state index contributed by atoms with van der Waals surface area (Å²) in [6.45, 7) is 3.62. The summed E-state index contributed by atoms with van der Waals surface area (Å²) in [5, 5.41) is 36.2. The molecule has 3 aromatic carbocycles. The number of nitrogens with zero attached hydrogens (tertiary/aromatic N) is 1. The van der Waals surface area contributed by atoms with Gasteiger partial charge in [0, 0.05) is 29.6 Å². The molecule has 0 atom stereocenters. The van der Waals surface area contributed by atoms with Crippen LogP contribution in [0.4, 0.5) is 17.6 Å². The van der Waals surface area contributed by atoms with Crippen LogP contribution >= 0.6 is 0 Å². The highest BCUT2D eigenvalue weighted by atomic mass is 19.4. The zero-order valence-electron chi connectivity index (χ0n) is 23.7. The molecule has 0 aliphatic heterocycles. The molecule has 0 aliphatic carbocycles. The first-order chi connectivity index (χ1) is 20.5. The summed E-state index contributed by atoms with van der Waals surface area (Å²) in [5.74, 6) is -3.04. The van der Waals surface area contributed by atoms with Crippen LogP contribution in [0.5, 0.6) is 5.75 Å². The highest BCUT2D eigenvalue weighted by molar-refractivity contribution is 6.00. The summed E-state index contributed by atoms with van der Waals surface area (Å²) in [6, 6.07) is 21.2. The van der Waals surface area contributed by atoms with Gasteiger partial charge in [-0.25, -0.2) is 9.18 Å². The summed E-state index contributed by atoms with van der Waals surface area (Å²) >= 11 is 0. The molecule has 0 aliphatic rings. The quantitative estimate of drug-likeness (QED) is 0.0878. The molecule has 0 fully saturated rings. The number of phenols is 1. The molecular weight excluding hydrogens is 584 g/mol. The Hall–Kier alpha value is -5.40. The minimum absolute atomic E-state index is 0.0300. The van der Waals surface area contributed by atoms with Gasteiger partial charge in [0.1, 0.15) is 23.1 Å². The number of rotatable bonds is 7. The number of nitrogens with two attached hydrogens (primary N) is 2. The van der Waals surface area contributed by atoms with E-state index in [0.717, 1.165) is 11.1 Å². The Morgan fingerprint density at radius 1 is 0.909 bits per heavy atom. The molecule has 9 N–H and O–H groups in total. The van der Waals surface area contributed by atoms with Gasteiger partial charge in [-0.05, 0) is 55.3 Å². The van der Waals surface area contributed by atoms with Crippen molar-refractivity contribution in [3.63, 3.8) is 0 Å². The number of carboxylic acids is 1. The minimum atomic E-state index is -5.08. The number of nitrogens with one attached hydrogen (secondary N) is 3. The maximum atomic E-state index is 13.2. The summed E-state index contributed by atoms with van der Waals surface area (Å²) in [6.07, 6.45) is -5.75. The van der Waals surface area contributed by atoms with Gasteiger partial charge in [0.2, 0.25) is 0 Å². The van der Waals surface area contributed by atoms with Crippen LogP contribution in [0.3, 0.4) is 0 Å². The van der Waals surface area contributed by atoms with Crippen molar-refractivity contribution >= 4 is 34.5 Å². The van der Waals surface area contributed by atoms with E-state index in [-0.39, 0.29) is 29.9 Å². The SMILES string of the molecule is CC(C)F.N=C(N)c1cccc(CNC(=O)c2cc3c(O)cccc3n2Cc2cccc(C(=N)N)c2)c1.O=C(O)C(F)(F)F. The smallest absolute Gasteiger partial charge is 0.490 e. The number of aromatic hydroxyl groups is 1. The van der Waals surface area contributed by atoms with E-state index in [4.69, 9.17) is 32.2 Å². The van der Waals surface area contributed by atoms with Crippen molar-refractivity contribution in [2.75, 3.05) is 0 Å². The lowest BCUT2D eigenvalue weighted by Crippen LogP contribution is -2.26. The van der Waals surface area contributed by atoms with Crippen LogP contribution in [0.1, 0.15) is 46.6 Å². The van der Waals surface area contributed by atoms with Crippen molar-refractivity contribution in [1.82, 2.24) is 9.88 Å². The number of halogens is 4. The second kappa shape index (κ2) is 15.2. The van der Waals surface area contributed by atoms with E-state index >= 15 is 0 Å². The lowest BCUT2D eigenvalue weighted by molar-refractivity contribution is -0.192. The third kappa shape index (κ3) is 10.2. The molecule has 0 saturated carbocycles. The normalized spacial score (nSPS) is 10.7. The number of carbonyl (C=O) groups excluding carboxylic acids is 1. The highest BCUT2D eigenvalue weighted by Gasteiger charge is 2.38. The lowest BCUT2D eigenvalue weighted by atomic mass is 10.1. The zero-order chi connectivity index (χ0) is 33.2. The molecule has 0 unspecified atom stereocenters. The number of aromatic nitrogens is 1. The number of hydrogen-bond donors (Lipinski definition) is 7. The zero-order valence-corrected chi connectivity index (χ0v) is 23.7. The first-order valence-corrected chi connectivity index (χ1v) is 12.9. The van der Waals surface area contributed by atoms with Gasteiger partial charge in [0.15, 0.2) is 0 Å².